The molecule has 0 bridgehead atoms. The predicted molar refractivity (Wildman–Crippen MR) is 85.2 cm³/mol. The van der Waals surface area contributed by atoms with Crippen LogP contribution < -0.4 is 5.32 Å². The normalized spacial score (nSPS) is 10.5. The maximum atomic E-state index is 11.8. The zero-order valence-corrected chi connectivity index (χ0v) is 13.0. The van der Waals surface area contributed by atoms with E-state index in [-0.39, 0.29) is 5.91 Å². The van der Waals surface area contributed by atoms with Crippen LogP contribution in [0.4, 0.5) is 5.13 Å². The molecule has 0 fully saturated rings. The lowest BCUT2D eigenvalue weighted by atomic mass is 10.3. The highest BCUT2D eigenvalue weighted by Gasteiger charge is 2.10. The maximum Gasteiger partial charge on any atom is 0.226 e. The lowest BCUT2D eigenvalue weighted by molar-refractivity contribution is -0.115. The van der Waals surface area contributed by atoms with Crippen molar-refractivity contribution in [1.82, 2.24) is 25.2 Å². The summed E-state index contributed by atoms with van der Waals surface area (Å²) in [5.41, 5.74) is 0.891. The third-order valence-electron chi connectivity index (χ3n) is 2.68. The Labute approximate surface area is 134 Å². The Hall–Kier alpha value is -2.26. The molecule has 0 spiro atoms. The van der Waals surface area contributed by atoms with E-state index < -0.39 is 0 Å². The summed E-state index contributed by atoms with van der Waals surface area (Å²) in [5, 5.41) is 17.5. The lowest BCUT2D eigenvalue weighted by Crippen LogP contribution is -2.12. The van der Waals surface area contributed by atoms with Crippen LogP contribution in [-0.2, 0) is 4.79 Å². The Balaban J connectivity index is 1.54. The van der Waals surface area contributed by atoms with Crippen LogP contribution in [0.3, 0.4) is 0 Å². The Morgan fingerprint density at radius 1 is 1.32 bits per heavy atom. The third kappa shape index (κ3) is 3.68. The minimum Gasteiger partial charge on any atom is -0.302 e. The molecule has 3 aromatic rings. The molecule has 1 aromatic carbocycles. The molecule has 0 aliphatic heterocycles. The summed E-state index contributed by atoms with van der Waals surface area (Å²) in [6.07, 6.45) is 2.02. The van der Waals surface area contributed by atoms with Crippen molar-refractivity contribution in [1.29, 1.82) is 0 Å². The van der Waals surface area contributed by atoms with Gasteiger partial charge in [-0.1, -0.05) is 30.0 Å². The Morgan fingerprint density at radius 2 is 2.18 bits per heavy atom. The molecule has 0 unspecified atom stereocenters. The number of hydrogen-bond donors (Lipinski definition) is 1. The number of tetrazole rings is 1. The smallest absolute Gasteiger partial charge is 0.226 e. The van der Waals surface area contributed by atoms with Crippen LogP contribution in [0.5, 0.6) is 0 Å². The average molecular weight is 332 g/mol. The molecule has 2 heterocycles. The van der Waals surface area contributed by atoms with Crippen molar-refractivity contribution in [3.05, 3.63) is 41.9 Å². The number of anilines is 1. The number of thioether (sulfide) groups is 1. The summed E-state index contributed by atoms with van der Waals surface area (Å²) in [6, 6.07) is 9.63. The number of carbonyl (C=O) groups is 1. The summed E-state index contributed by atoms with van der Waals surface area (Å²) in [4.78, 5) is 15.8. The molecule has 3 rings (SSSR count). The Kier molecular flexibility index (Phi) is 4.76. The maximum absolute atomic E-state index is 11.8. The average Bonchev–Trinajstić information content (AvgIpc) is 3.20. The molecular formula is C13H12N6OS2. The number of aromatic nitrogens is 5. The Morgan fingerprint density at radius 3 is 2.95 bits per heavy atom. The highest BCUT2D eigenvalue weighted by Crippen LogP contribution is 2.19. The van der Waals surface area contributed by atoms with Gasteiger partial charge in [-0.2, -0.15) is 4.68 Å². The second kappa shape index (κ2) is 7.14. The van der Waals surface area contributed by atoms with E-state index in [1.54, 1.807) is 10.9 Å². The Bertz CT molecular complexity index is 728. The van der Waals surface area contributed by atoms with Crippen molar-refractivity contribution in [2.75, 3.05) is 11.1 Å². The largest absolute Gasteiger partial charge is 0.302 e. The van der Waals surface area contributed by atoms with Gasteiger partial charge in [-0.05, 0) is 22.6 Å². The van der Waals surface area contributed by atoms with Gasteiger partial charge in [-0.3, -0.25) is 4.79 Å². The molecule has 0 atom stereocenters. The van der Waals surface area contributed by atoms with Crippen LogP contribution in [0, 0.1) is 0 Å². The highest BCUT2D eigenvalue weighted by atomic mass is 32.2. The van der Waals surface area contributed by atoms with Crippen molar-refractivity contribution < 1.29 is 4.79 Å². The highest BCUT2D eigenvalue weighted by molar-refractivity contribution is 7.99. The molecule has 2 aromatic heterocycles. The van der Waals surface area contributed by atoms with Crippen molar-refractivity contribution >= 4 is 34.1 Å². The number of benzene rings is 1. The molecule has 0 radical (unpaired) electrons. The van der Waals surface area contributed by atoms with E-state index in [4.69, 9.17) is 0 Å². The fourth-order valence-electron chi connectivity index (χ4n) is 1.70. The van der Waals surface area contributed by atoms with E-state index in [1.807, 2.05) is 35.7 Å². The summed E-state index contributed by atoms with van der Waals surface area (Å²) in [5.74, 6) is 0.519. The topological polar surface area (TPSA) is 85.6 Å². The van der Waals surface area contributed by atoms with Gasteiger partial charge >= 0.3 is 0 Å². The monoisotopic (exact) mass is 332 g/mol. The number of hydrogen-bond acceptors (Lipinski definition) is 7. The van der Waals surface area contributed by atoms with Crippen molar-refractivity contribution in [2.24, 2.45) is 0 Å². The van der Waals surface area contributed by atoms with Gasteiger partial charge in [0.05, 0.1) is 5.69 Å². The first-order chi connectivity index (χ1) is 10.8. The number of para-hydroxylation sites is 1. The van der Waals surface area contributed by atoms with Gasteiger partial charge in [0.1, 0.15) is 0 Å². The van der Waals surface area contributed by atoms with E-state index in [0.29, 0.717) is 22.5 Å². The van der Waals surface area contributed by atoms with Gasteiger partial charge in [-0.25, -0.2) is 4.98 Å². The standard InChI is InChI=1S/C13H12N6OS2/c20-11(15-12-14-7-9-21-12)6-8-22-13-16-17-18-19(13)10-4-2-1-3-5-10/h1-5,7,9H,6,8H2,(H,14,15,20). The van der Waals surface area contributed by atoms with Crippen LogP contribution in [0.15, 0.2) is 47.1 Å². The molecule has 7 nitrogen and oxygen atoms in total. The van der Waals surface area contributed by atoms with Gasteiger partial charge in [0.25, 0.3) is 0 Å². The fraction of sp³-hybridized carbons (Fsp3) is 0.154. The zero-order chi connectivity index (χ0) is 15.2. The third-order valence-corrected chi connectivity index (χ3v) is 4.29. The zero-order valence-electron chi connectivity index (χ0n) is 11.4. The lowest BCUT2D eigenvalue weighted by Gasteiger charge is -2.04. The van der Waals surface area contributed by atoms with E-state index in [2.05, 4.69) is 25.8 Å². The van der Waals surface area contributed by atoms with Crippen molar-refractivity contribution in [3.63, 3.8) is 0 Å². The number of carbonyl (C=O) groups excluding carboxylic acids is 1. The molecule has 0 aliphatic carbocycles. The quantitative estimate of drug-likeness (QED) is 0.697. The first-order valence-electron chi connectivity index (χ1n) is 6.49. The van der Waals surface area contributed by atoms with Crippen LogP contribution in [0.25, 0.3) is 5.69 Å². The number of nitrogens with one attached hydrogen (secondary N) is 1. The van der Waals surface area contributed by atoms with Gasteiger partial charge in [-0.15, -0.1) is 16.4 Å². The van der Waals surface area contributed by atoms with Gasteiger partial charge in [0.15, 0.2) is 5.13 Å². The number of thiazole rings is 1. The van der Waals surface area contributed by atoms with E-state index >= 15 is 0 Å². The van der Waals surface area contributed by atoms with E-state index in [0.717, 1.165) is 5.69 Å². The number of amides is 1. The van der Waals surface area contributed by atoms with Gasteiger partial charge < -0.3 is 5.32 Å². The van der Waals surface area contributed by atoms with Crippen molar-refractivity contribution in [3.8, 4) is 5.69 Å². The van der Waals surface area contributed by atoms with Gasteiger partial charge in [0, 0.05) is 23.8 Å². The van der Waals surface area contributed by atoms with Crippen LogP contribution in [-0.4, -0.2) is 36.9 Å². The second-order valence-electron chi connectivity index (χ2n) is 4.19. The van der Waals surface area contributed by atoms with Crippen LogP contribution >= 0.6 is 23.1 Å². The first kappa shape index (κ1) is 14.7. The second-order valence-corrected chi connectivity index (χ2v) is 6.15. The molecule has 1 N–H and O–H groups in total. The SMILES string of the molecule is O=C(CCSc1nnnn1-c1ccccc1)Nc1nccs1. The van der Waals surface area contributed by atoms with Crippen LogP contribution in [0.1, 0.15) is 6.42 Å². The number of nitrogens with zero attached hydrogens (tertiary/aromatic N) is 5. The summed E-state index contributed by atoms with van der Waals surface area (Å²) >= 11 is 2.83. The predicted octanol–water partition coefficient (Wildman–Crippen LogP) is 2.24. The summed E-state index contributed by atoms with van der Waals surface area (Å²) in [7, 11) is 0. The molecule has 112 valence electrons. The van der Waals surface area contributed by atoms with Gasteiger partial charge in [0.2, 0.25) is 11.1 Å². The number of rotatable bonds is 6. The molecular weight excluding hydrogens is 320 g/mol. The van der Waals surface area contributed by atoms with Crippen LogP contribution in [0.2, 0.25) is 0 Å². The minimum atomic E-state index is -0.0683. The fourth-order valence-corrected chi connectivity index (χ4v) is 3.08. The molecule has 9 heteroatoms. The molecule has 0 aliphatic rings. The first-order valence-corrected chi connectivity index (χ1v) is 8.35. The molecule has 0 saturated heterocycles. The van der Waals surface area contributed by atoms with E-state index in [9.17, 15) is 4.79 Å². The molecule has 0 saturated carbocycles. The molecule has 1 amide bonds. The van der Waals surface area contributed by atoms with Crippen molar-refractivity contribution in [2.45, 2.75) is 11.6 Å². The summed E-state index contributed by atoms with van der Waals surface area (Å²) in [6.45, 7) is 0. The minimum absolute atomic E-state index is 0.0683. The van der Waals surface area contributed by atoms with E-state index in [1.165, 1.54) is 23.1 Å². The summed E-state index contributed by atoms with van der Waals surface area (Å²) < 4.78 is 1.66. The molecule has 22 heavy (non-hydrogen) atoms.